The standard InChI is InChI=1S/C22H16F6N2O4/c23-14-4-5-16(18(9-14)33-11-19(24)25)30-7-1-2-15(21(30)32)17(31)8-13-3-6-20(29-10-13)34-12-22(26,27)28/h1-7,9-10,19H,8,11-12H2. The number of nitrogens with zero attached hydrogens (tertiary/aromatic N) is 2. The maximum atomic E-state index is 13.6. The first-order chi connectivity index (χ1) is 16.0. The number of hydrogen-bond acceptors (Lipinski definition) is 5. The summed E-state index contributed by atoms with van der Waals surface area (Å²) in [7, 11) is 0. The first-order valence-corrected chi connectivity index (χ1v) is 9.64. The van der Waals surface area contributed by atoms with Crippen LogP contribution >= 0.6 is 0 Å². The monoisotopic (exact) mass is 486 g/mol. The van der Waals surface area contributed by atoms with Crippen LogP contribution in [-0.4, -0.2) is 41.1 Å². The zero-order chi connectivity index (χ0) is 24.9. The third-order valence-corrected chi connectivity index (χ3v) is 4.34. The van der Waals surface area contributed by atoms with Crippen molar-refractivity contribution in [2.45, 2.75) is 19.0 Å². The van der Waals surface area contributed by atoms with E-state index in [2.05, 4.69) is 9.72 Å². The molecule has 0 bridgehead atoms. The van der Waals surface area contributed by atoms with Gasteiger partial charge < -0.3 is 9.47 Å². The number of carbonyl (C=O) groups is 1. The van der Waals surface area contributed by atoms with E-state index in [9.17, 15) is 35.9 Å². The molecule has 180 valence electrons. The summed E-state index contributed by atoms with van der Waals surface area (Å²) in [5, 5.41) is 0. The van der Waals surface area contributed by atoms with Crippen molar-refractivity contribution in [3.05, 3.63) is 82.2 Å². The number of alkyl halides is 5. The molecule has 34 heavy (non-hydrogen) atoms. The maximum absolute atomic E-state index is 13.6. The molecule has 3 aromatic rings. The molecular formula is C22H16F6N2O4. The van der Waals surface area contributed by atoms with Crippen LogP contribution in [0.2, 0.25) is 0 Å². The lowest BCUT2D eigenvalue weighted by molar-refractivity contribution is -0.154. The van der Waals surface area contributed by atoms with E-state index in [-0.39, 0.29) is 29.3 Å². The van der Waals surface area contributed by atoms with Gasteiger partial charge in [0.1, 0.15) is 18.2 Å². The highest BCUT2D eigenvalue weighted by Crippen LogP contribution is 2.24. The predicted octanol–water partition coefficient (Wildman–Crippen LogP) is 4.38. The van der Waals surface area contributed by atoms with Gasteiger partial charge in [-0.05, 0) is 29.8 Å². The molecule has 0 aliphatic heterocycles. The van der Waals surface area contributed by atoms with Gasteiger partial charge in [0.25, 0.3) is 12.0 Å². The Morgan fingerprint density at radius 1 is 1.09 bits per heavy atom. The van der Waals surface area contributed by atoms with E-state index in [1.165, 1.54) is 24.4 Å². The van der Waals surface area contributed by atoms with Crippen molar-refractivity contribution in [3.63, 3.8) is 0 Å². The average molecular weight is 486 g/mol. The van der Waals surface area contributed by atoms with E-state index in [0.29, 0.717) is 5.56 Å². The van der Waals surface area contributed by atoms with E-state index in [0.717, 1.165) is 35.0 Å². The van der Waals surface area contributed by atoms with Crippen molar-refractivity contribution in [1.29, 1.82) is 0 Å². The summed E-state index contributed by atoms with van der Waals surface area (Å²) >= 11 is 0. The molecule has 0 unspecified atom stereocenters. The number of pyridine rings is 2. The fourth-order valence-corrected chi connectivity index (χ4v) is 2.89. The van der Waals surface area contributed by atoms with Crippen LogP contribution in [0.25, 0.3) is 5.69 Å². The normalized spacial score (nSPS) is 11.5. The first kappa shape index (κ1) is 24.8. The molecule has 12 heteroatoms. The average Bonchev–Trinajstić information content (AvgIpc) is 2.77. The minimum atomic E-state index is -4.53. The molecule has 0 spiro atoms. The Kier molecular flexibility index (Phi) is 7.59. The van der Waals surface area contributed by atoms with Crippen molar-refractivity contribution in [2.24, 2.45) is 0 Å². The Morgan fingerprint density at radius 3 is 2.50 bits per heavy atom. The van der Waals surface area contributed by atoms with Gasteiger partial charge in [-0.1, -0.05) is 6.07 Å². The fraction of sp³-hybridized carbons (Fsp3) is 0.227. The molecule has 0 N–H and O–H groups in total. The number of carbonyl (C=O) groups excluding carboxylic acids is 1. The molecule has 0 radical (unpaired) electrons. The number of benzene rings is 1. The second kappa shape index (κ2) is 10.4. The Balaban J connectivity index is 1.81. The van der Waals surface area contributed by atoms with Gasteiger partial charge >= 0.3 is 6.18 Å². The quantitative estimate of drug-likeness (QED) is 0.332. The first-order valence-electron chi connectivity index (χ1n) is 9.64. The van der Waals surface area contributed by atoms with Gasteiger partial charge in [0.05, 0.1) is 11.3 Å². The topological polar surface area (TPSA) is 70.4 Å². The lowest BCUT2D eigenvalue weighted by Gasteiger charge is -2.14. The lowest BCUT2D eigenvalue weighted by atomic mass is 10.1. The van der Waals surface area contributed by atoms with E-state index in [4.69, 9.17) is 4.74 Å². The molecule has 2 heterocycles. The third kappa shape index (κ3) is 6.59. The van der Waals surface area contributed by atoms with Crippen molar-refractivity contribution < 1.29 is 40.6 Å². The molecule has 0 saturated carbocycles. The van der Waals surface area contributed by atoms with Crippen LogP contribution in [0.15, 0.2) is 59.7 Å². The molecule has 0 aliphatic carbocycles. The highest BCUT2D eigenvalue weighted by atomic mass is 19.4. The molecule has 0 atom stereocenters. The summed E-state index contributed by atoms with van der Waals surface area (Å²) < 4.78 is 85.7. The Labute approximate surface area is 188 Å². The minimum Gasteiger partial charge on any atom is -0.485 e. The van der Waals surface area contributed by atoms with Crippen molar-refractivity contribution in [2.75, 3.05) is 13.2 Å². The molecule has 6 nitrogen and oxygen atoms in total. The molecule has 0 saturated heterocycles. The van der Waals surface area contributed by atoms with Crippen LogP contribution in [-0.2, 0) is 6.42 Å². The summed E-state index contributed by atoms with van der Waals surface area (Å²) in [4.78, 5) is 29.3. The number of rotatable bonds is 9. The highest BCUT2D eigenvalue weighted by Gasteiger charge is 2.28. The molecule has 2 aromatic heterocycles. The van der Waals surface area contributed by atoms with Crippen molar-refractivity contribution in [3.8, 4) is 17.3 Å². The summed E-state index contributed by atoms with van der Waals surface area (Å²) in [6, 6.07) is 8.08. The van der Waals surface area contributed by atoms with Crippen LogP contribution < -0.4 is 15.0 Å². The molecular weight excluding hydrogens is 470 g/mol. The van der Waals surface area contributed by atoms with Crippen LogP contribution in [0.1, 0.15) is 15.9 Å². The van der Waals surface area contributed by atoms with Gasteiger partial charge in [-0.25, -0.2) is 18.2 Å². The van der Waals surface area contributed by atoms with Crippen molar-refractivity contribution >= 4 is 5.78 Å². The third-order valence-electron chi connectivity index (χ3n) is 4.34. The number of halogens is 6. The predicted molar refractivity (Wildman–Crippen MR) is 107 cm³/mol. The maximum Gasteiger partial charge on any atom is 0.422 e. The number of ketones is 1. The van der Waals surface area contributed by atoms with Crippen LogP contribution in [0.3, 0.4) is 0 Å². The Bertz CT molecular complexity index is 1210. The fourth-order valence-electron chi connectivity index (χ4n) is 2.89. The van der Waals surface area contributed by atoms with Gasteiger partial charge in [-0.15, -0.1) is 0 Å². The van der Waals surface area contributed by atoms with Crippen LogP contribution in [0.5, 0.6) is 11.6 Å². The number of aromatic nitrogens is 2. The summed E-state index contributed by atoms with van der Waals surface area (Å²) in [6.45, 7) is -2.55. The second-order valence-electron chi connectivity index (χ2n) is 6.92. The largest absolute Gasteiger partial charge is 0.485 e. The zero-order valence-corrected chi connectivity index (χ0v) is 17.2. The highest BCUT2D eigenvalue weighted by molar-refractivity contribution is 5.97. The summed E-state index contributed by atoms with van der Waals surface area (Å²) in [5.41, 5.74) is -0.806. The zero-order valence-electron chi connectivity index (χ0n) is 17.2. The van der Waals surface area contributed by atoms with Gasteiger partial charge in [0.2, 0.25) is 5.88 Å². The van der Waals surface area contributed by atoms with Gasteiger partial charge in [-0.3, -0.25) is 14.2 Å². The summed E-state index contributed by atoms with van der Waals surface area (Å²) in [5.74, 6) is -2.01. The summed E-state index contributed by atoms with van der Waals surface area (Å²) in [6.07, 6.45) is -5.26. The molecule has 1 aromatic carbocycles. The number of ether oxygens (including phenoxy) is 2. The number of hydrogen-bond donors (Lipinski definition) is 0. The SMILES string of the molecule is O=C(Cc1ccc(OCC(F)(F)F)nc1)c1cccn(-c2ccc(F)cc2OCC(F)F)c1=O. The van der Waals surface area contributed by atoms with Gasteiger partial charge in [0.15, 0.2) is 12.4 Å². The van der Waals surface area contributed by atoms with Crippen LogP contribution in [0.4, 0.5) is 26.3 Å². The Hall–Kier alpha value is -3.83. The van der Waals surface area contributed by atoms with E-state index in [1.807, 2.05) is 0 Å². The molecule has 3 rings (SSSR count). The Morgan fingerprint density at radius 2 is 1.85 bits per heavy atom. The second-order valence-corrected chi connectivity index (χ2v) is 6.92. The van der Waals surface area contributed by atoms with E-state index < -0.39 is 43.0 Å². The van der Waals surface area contributed by atoms with Gasteiger partial charge in [0, 0.05) is 30.9 Å². The molecule has 0 aliphatic rings. The van der Waals surface area contributed by atoms with E-state index >= 15 is 0 Å². The van der Waals surface area contributed by atoms with Crippen molar-refractivity contribution in [1.82, 2.24) is 9.55 Å². The lowest BCUT2D eigenvalue weighted by Crippen LogP contribution is -2.26. The smallest absolute Gasteiger partial charge is 0.422 e. The molecule has 0 fully saturated rings. The molecule has 0 amide bonds. The number of Topliss-reactive ketones (excluding diaryl/α,β-unsaturated/α-hetero) is 1. The minimum absolute atomic E-state index is 0.0467. The van der Waals surface area contributed by atoms with E-state index in [1.54, 1.807) is 0 Å². The van der Waals surface area contributed by atoms with Gasteiger partial charge in [-0.2, -0.15) is 13.2 Å². The van der Waals surface area contributed by atoms with Crippen LogP contribution in [0, 0.1) is 5.82 Å².